The van der Waals surface area contributed by atoms with Gasteiger partial charge in [0.1, 0.15) is 0 Å². The lowest BCUT2D eigenvalue weighted by Crippen LogP contribution is -2.11. The fourth-order valence-electron chi connectivity index (χ4n) is 18.7. The van der Waals surface area contributed by atoms with Crippen LogP contribution in [-0.2, 0) is 27.1 Å². The Bertz CT molecular complexity index is 7390. The average Bonchev–Trinajstić information content (AvgIpc) is 1.13. The Morgan fingerprint density at radius 3 is 0.664 bits per heavy atom. The van der Waals surface area contributed by atoms with E-state index in [4.69, 9.17) is 0 Å². The van der Waals surface area contributed by atoms with Crippen molar-refractivity contribution < 1.29 is 0 Å². The van der Waals surface area contributed by atoms with Crippen LogP contribution in [-0.4, -0.2) is 9.13 Å². The summed E-state index contributed by atoms with van der Waals surface area (Å²) in [4.78, 5) is 0. The van der Waals surface area contributed by atoms with E-state index in [9.17, 15) is 0 Å². The molecule has 596 valence electrons. The van der Waals surface area contributed by atoms with Gasteiger partial charge in [-0.25, -0.2) is 0 Å². The van der Waals surface area contributed by atoms with Crippen molar-refractivity contribution in [1.29, 1.82) is 0 Å². The average molecular weight is 1580 g/mol. The minimum atomic E-state index is -0.0134. The maximum atomic E-state index is 2.47. The summed E-state index contributed by atoms with van der Waals surface area (Å²) < 4.78 is 4.80. The Kier molecular flexibility index (Phi) is 19.5. The number of fused-ring (bicyclic) bond motifs is 10. The number of nitrogens with zero attached hydrogens (tertiary/aromatic N) is 2. The fraction of sp³-hybridized carbons (Fsp3) is 0.167. The van der Waals surface area contributed by atoms with Crippen LogP contribution in [0.4, 0.5) is 0 Å². The van der Waals surface area contributed by atoms with Gasteiger partial charge in [0, 0.05) is 32.9 Å². The Morgan fingerprint density at radius 2 is 0.344 bits per heavy atom. The molecule has 0 fully saturated rings. The zero-order chi connectivity index (χ0) is 84.3. The summed E-state index contributed by atoms with van der Waals surface area (Å²) in [7, 11) is 0. The first kappa shape index (κ1) is 78.4. The van der Waals surface area contributed by atoms with E-state index >= 15 is 0 Å². The van der Waals surface area contributed by atoms with Gasteiger partial charge in [-0.3, -0.25) is 0 Å². The summed E-state index contributed by atoms with van der Waals surface area (Å²) >= 11 is 0. The highest BCUT2D eigenvalue weighted by Crippen LogP contribution is 2.51. The monoisotopic (exact) mass is 1570 g/mol. The van der Waals surface area contributed by atoms with Crippen LogP contribution in [0.3, 0.4) is 0 Å². The molecule has 0 saturated carbocycles. The highest BCUT2D eigenvalue weighted by atomic mass is 15.0. The first-order chi connectivity index (χ1) is 58.7. The van der Waals surface area contributed by atoms with Crippen LogP contribution in [0.25, 0.3) is 187 Å². The zero-order valence-electron chi connectivity index (χ0n) is 73.1. The minimum absolute atomic E-state index is 0.0113. The summed E-state index contributed by atoms with van der Waals surface area (Å²) in [5.74, 6) is 0. The summed E-state index contributed by atoms with van der Waals surface area (Å²) in [6.07, 6.45) is 0. The Labute approximate surface area is 720 Å². The van der Waals surface area contributed by atoms with E-state index in [1.165, 1.54) is 215 Å². The second kappa shape index (κ2) is 30.4. The van der Waals surface area contributed by atoms with E-state index in [2.05, 4.69) is 483 Å². The molecule has 0 N–H and O–H groups in total. The van der Waals surface area contributed by atoms with Gasteiger partial charge in [0.2, 0.25) is 0 Å². The van der Waals surface area contributed by atoms with Crippen LogP contribution in [0.15, 0.2) is 370 Å². The van der Waals surface area contributed by atoms with Crippen molar-refractivity contribution in [1.82, 2.24) is 9.13 Å². The number of benzene rings is 18. The molecule has 0 radical (unpaired) electrons. The van der Waals surface area contributed by atoms with Gasteiger partial charge in [-0.2, -0.15) is 0 Å². The number of para-hydroxylation sites is 3. The molecule has 0 aliphatic heterocycles. The smallest absolute Gasteiger partial charge is 0.0541 e. The zero-order valence-corrected chi connectivity index (χ0v) is 73.1. The molecule has 2 heterocycles. The van der Waals surface area contributed by atoms with Gasteiger partial charge < -0.3 is 9.13 Å². The van der Waals surface area contributed by atoms with E-state index < -0.39 is 0 Å². The van der Waals surface area contributed by atoms with Crippen LogP contribution >= 0.6 is 0 Å². The van der Waals surface area contributed by atoms with Crippen molar-refractivity contribution in [2.24, 2.45) is 0 Å². The quantitative estimate of drug-likeness (QED) is 0.121. The number of rotatable bonds is 10. The molecular formula is C120H106N2. The molecule has 0 saturated heterocycles. The molecule has 0 aliphatic carbocycles. The van der Waals surface area contributed by atoms with Crippen molar-refractivity contribution in [2.75, 3.05) is 0 Å². The third-order valence-electron chi connectivity index (χ3n) is 25.6. The standard InChI is InChI=1S/C64H53N.C56H53N/c1-63(2,3)50-35-37-55-57(40-50)61(47-29-25-45(26-30-47)44-23-21-43(22-24-44)42-15-9-7-10-16-42)54-36-34-51(64(4,5)6)41-58(54)62(55)48-31-27-46(28-32-48)49-33-38-60-56(39-49)53-19-13-14-20-59(53)65(60)52-17-11-8-12-18-52;1-54(2,3)40-26-29-45-48(34-40)52(37-16-12-10-13-17-37)44-28-25-41(55(4,5)6)35-49(44)53(45)38-22-20-36(21-23-38)39-24-30-50-46(32-39)47-33-42(56(7,8)9)27-31-51(47)57(50)43-18-14-11-15-19-43/h7-41H,1-6H3;10-35H,1-9H3. The number of hydrogen-bond donors (Lipinski definition) is 0. The van der Waals surface area contributed by atoms with E-state index in [0.717, 1.165) is 0 Å². The lowest BCUT2D eigenvalue weighted by atomic mass is 9.79. The first-order valence-electron chi connectivity index (χ1n) is 43.5. The van der Waals surface area contributed by atoms with Crippen LogP contribution in [0.5, 0.6) is 0 Å². The molecule has 0 amide bonds. The molecule has 0 atom stereocenters. The third-order valence-corrected chi connectivity index (χ3v) is 25.6. The SMILES string of the molecule is CC(C)(C)c1ccc2c(-c3ccc(-c4ccc5c(c4)c4cc(C(C)(C)C)ccc4n5-c4ccccc4)cc3)c3cc(C(C)(C)C)ccc3c(-c3ccccc3)c2c1.CC(C)(C)c1ccc2c(-c3ccc(-c4ccc5c(c4)c4ccccc4n5-c4ccccc4)cc3)c3cc(C(C)(C)C)ccc3c(-c3ccc(-c4ccc(-c5ccccc5)cc4)cc3)c2c1. The summed E-state index contributed by atoms with van der Waals surface area (Å²) in [6.45, 7) is 34.7. The lowest BCUT2D eigenvalue weighted by Gasteiger charge is -2.25. The van der Waals surface area contributed by atoms with Crippen LogP contribution < -0.4 is 0 Å². The molecule has 0 spiro atoms. The van der Waals surface area contributed by atoms with E-state index in [0.29, 0.717) is 0 Å². The lowest BCUT2D eigenvalue weighted by molar-refractivity contribution is 0.590. The molecule has 0 bridgehead atoms. The molecule has 0 unspecified atom stereocenters. The highest BCUT2D eigenvalue weighted by Gasteiger charge is 2.28. The van der Waals surface area contributed by atoms with E-state index in [1.807, 2.05) is 0 Å². The Balaban J connectivity index is 0.000000162. The number of hydrogen-bond acceptors (Lipinski definition) is 0. The maximum Gasteiger partial charge on any atom is 0.0541 e. The van der Waals surface area contributed by atoms with Crippen molar-refractivity contribution in [3.63, 3.8) is 0 Å². The molecule has 2 nitrogen and oxygen atoms in total. The van der Waals surface area contributed by atoms with E-state index in [-0.39, 0.29) is 27.1 Å². The van der Waals surface area contributed by atoms with E-state index in [1.54, 1.807) is 0 Å². The molecule has 18 aromatic carbocycles. The van der Waals surface area contributed by atoms with Gasteiger partial charge in [-0.1, -0.05) is 383 Å². The Morgan fingerprint density at radius 1 is 0.139 bits per heavy atom. The van der Waals surface area contributed by atoms with Gasteiger partial charge in [0.05, 0.1) is 22.1 Å². The van der Waals surface area contributed by atoms with Crippen molar-refractivity contribution in [2.45, 2.75) is 131 Å². The second-order valence-electron chi connectivity index (χ2n) is 38.9. The topological polar surface area (TPSA) is 9.86 Å². The van der Waals surface area contributed by atoms with Gasteiger partial charge in [-0.15, -0.1) is 0 Å². The highest BCUT2D eigenvalue weighted by molar-refractivity contribution is 6.24. The van der Waals surface area contributed by atoms with Gasteiger partial charge in [0.15, 0.2) is 0 Å². The summed E-state index contributed by atoms with van der Waals surface area (Å²) in [5, 5.41) is 15.4. The van der Waals surface area contributed by atoms with Crippen LogP contribution in [0, 0.1) is 0 Å². The number of aromatic nitrogens is 2. The van der Waals surface area contributed by atoms with Crippen LogP contribution in [0.2, 0.25) is 0 Å². The molecule has 2 heteroatoms. The van der Waals surface area contributed by atoms with Crippen molar-refractivity contribution in [3.05, 3.63) is 398 Å². The minimum Gasteiger partial charge on any atom is -0.309 e. The summed E-state index contributed by atoms with van der Waals surface area (Å²) in [5.41, 5.74) is 33.9. The van der Waals surface area contributed by atoms with Gasteiger partial charge in [-0.05, 0) is 278 Å². The summed E-state index contributed by atoms with van der Waals surface area (Å²) in [6, 6.07) is 138. The predicted molar refractivity (Wildman–Crippen MR) is 529 cm³/mol. The second-order valence-corrected chi connectivity index (χ2v) is 38.9. The van der Waals surface area contributed by atoms with Crippen molar-refractivity contribution in [3.8, 4) is 100 Å². The van der Waals surface area contributed by atoms with Crippen LogP contribution in [0.1, 0.15) is 132 Å². The molecule has 122 heavy (non-hydrogen) atoms. The Hall–Kier alpha value is -13.4. The molecular weight excluding hydrogens is 1470 g/mol. The van der Waals surface area contributed by atoms with Crippen molar-refractivity contribution >= 4 is 86.7 Å². The van der Waals surface area contributed by atoms with Gasteiger partial charge >= 0.3 is 0 Å². The normalized spacial score (nSPS) is 12.4. The molecule has 20 rings (SSSR count). The third kappa shape index (κ3) is 14.5. The molecule has 20 aromatic rings. The molecule has 2 aromatic heterocycles. The maximum absolute atomic E-state index is 2.47. The molecule has 0 aliphatic rings. The van der Waals surface area contributed by atoms with Gasteiger partial charge in [0.25, 0.3) is 0 Å². The first-order valence-corrected chi connectivity index (χ1v) is 43.5. The fourth-order valence-corrected chi connectivity index (χ4v) is 18.7. The largest absolute Gasteiger partial charge is 0.309 e. The predicted octanol–water partition coefficient (Wildman–Crippen LogP) is 34.0.